The summed E-state index contributed by atoms with van der Waals surface area (Å²) in [5.41, 5.74) is 0. The second kappa shape index (κ2) is 7.05. The molecule has 0 aromatic heterocycles. The summed E-state index contributed by atoms with van der Waals surface area (Å²) >= 11 is 0. The van der Waals surface area contributed by atoms with E-state index in [4.69, 9.17) is 0 Å². The molecule has 0 heterocycles. The molecule has 1 unspecified atom stereocenters. The molecule has 0 aliphatic heterocycles. The van der Waals surface area contributed by atoms with Crippen LogP contribution in [0.5, 0.6) is 0 Å². The maximum absolute atomic E-state index is 3.79. The predicted molar refractivity (Wildman–Crippen MR) is 68.0 cm³/mol. The van der Waals surface area contributed by atoms with Crippen LogP contribution >= 0.6 is 0 Å². The summed E-state index contributed by atoms with van der Waals surface area (Å²) in [7, 11) is 2.12. The zero-order valence-corrected chi connectivity index (χ0v) is 10.5. The second-order valence-corrected chi connectivity index (χ2v) is 5.13. The van der Waals surface area contributed by atoms with Gasteiger partial charge in [-0.3, -0.25) is 0 Å². The Morgan fingerprint density at radius 3 is 2.53 bits per heavy atom. The topological polar surface area (TPSA) is 12.0 Å². The fourth-order valence-corrected chi connectivity index (χ4v) is 2.79. The van der Waals surface area contributed by atoms with Gasteiger partial charge in [-0.05, 0) is 51.0 Å². The van der Waals surface area contributed by atoms with Crippen LogP contribution in [0.15, 0.2) is 12.7 Å². The molecule has 88 valence electrons. The molecule has 1 aliphatic rings. The minimum absolute atomic E-state index is 0.748. The Hall–Kier alpha value is -0.300. The third kappa shape index (κ3) is 4.38. The number of allylic oxidation sites excluding steroid dienone is 1. The average Bonchev–Trinajstić information content (AvgIpc) is 2.26. The summed E-state index contributed by atoms with van der Waals surface area (Å²) in [4.78, 5) is 0. The van der Waals surface area contributed by atoms with Crippen LogP contribution in [0.1, 0.15) is 51.9 Å². The highest BCUT2D eigenvalue weighted by atomic mass is 14.9. The summed E-state index contributed by atoms with van der Waals surface area (Å²) < 4.78 is 0. The van der Waals surface area contributed by atoms with Gasteiger partial charge in [0.25, 0.3) is 0 Å². The van der Waals surface area contributed by atoms with Crippen LogP contribution in [0, 0.1) is 11.8 Å². The highest BCUT2D eigenvalue weighted by Gasteiger charge is 2.24. The van der Waals surface area contributed by atoms with Gasteiger partial charge in [-0.15, -0.1) is 6.58 Å². The van der Waals surface area contributed by atoms with Crippen molar-refractivity contribution in [2.45, 2.75) is 57.9 Å². The van der Waals surface area contributed by atoms with Gasteiger partial charge in [0.2, 0.25) is 0 Å². The van der Waals surface area contributed by atoms with Crippen LogP contribution in [0.4, 0.5) is 0 Å². The molecule has 0 aromatic rings. The second-order valence-electron chi connectivity index (χ2n) is 5.13. The molecule has 0 bridgehead atoms. The van der Waals surface area contributed by atoms with Crippen LogP contribution < -0.4 is 5.32 Å². The van der Waals surface area contributed by atoms with E-state index >= 15 is 0 Å². The minimum Gasteiger partial charge on any atom is -0.317 e. The first-order valence-corrected chi connectivity index (χ1v) is 6.56. The Morgan fingerprint density at radius 1 is 1.33 bits per heavy atom. The van der Waals surface area contributed by atoms with E-state index in [9.17, 15) is 0 Å². The Bertz CT molecular complexity index is 168. The van der Waals surface area contributed by atoms with Gasteiger partial charge >= 0.3 is 0 Å². The first-order valence-electron chi connectivity index (χ1n) is 6.56. The average molecular weight is 209 g/mol. The molecule has 0 saturated heterocycles. The Kier molecular flexibility index (Phi) is 6.00. The number of hydrogen-bond donors (Lipinski definition) is 1. The number of hydrogen-bond acceptors (Lipinski definition) is 1. The molecule has 0 aromatic carbocycles. The van der Waals surface area contributed by atoms with Gasteiger partial charge < -0.3 is 5.32 Å². The molecule has 15 heavy (non-hydrogen) atoms. The maximum atomic E-state index is 3.79. The van der Waals surface area contributed by atoms with Crippen molar-refractivity contribution < 1.29 is 0 Å². The van der Waals surface area contributed by atoms with Crippen molar-refractivity contribution in [3.63, 3.8) is 0 Å². The van der Waals surface area contributed by atoms with Gasteiger partial charge in [0.15, 0.2) is 0 Å². The normalized spacial score (nSPS) is 28.7. The van der Waals surface area contributed by atoms with E-state index in [0.29, 0.717) is 0 Å². The van der Waals surface area contributed by atoms with Gasteiger partial charge in [-0.2, -0.15) is 0 Å². The number of unbranched alkanes of at least 4 members (excludes halogenated alkanes) is 1. The highest BCUT2D eigenvalue weighted by Crippen LogP contribution is 2.31. The molecule has 0 amide bonds. The van der Waals surface area contributed by atoms with Gasteiger partial charge in [-0.1, -0.05) is 25.8 Å². The van der Waals surface area contributed by atoms with Crippen LogP contribution in [-0.2, 0) is 0 Å². The summed E-state index contributed by atoms with van der Waals surface area (Å²) in [5.74, 6) is 1.89. The van der Waals surface area contributed by atoms with Crippen molar-refractivity contribution in [3.05, 3.63) is 12.7 Å². The standard InChI is InChI=1S/C14H27N/c1-4-5-6-7-14(15-3)13-10-8-12(2)9-11-13/h4,12-15H,1,5-11H2,2-3H3. The molecule has 1 atom stereocenters. The van der Waals surface area contributed by atoms with Gasteiger partial charge in [0, 0.05) is 6.04 Å². The van der Waals surface area contributed by atoms with Crippen LogP contribution in [0.2, 0.25) is 0 Å². The number of rotatable bonds is 6. The van der Waals surface area contributed by atoms with E-state index < -0.39 is 0 Å². The van der Waals surface area contributed by atoms with E-state index in [1.165, 1.54) is 44.9 Å². The lowest BCUT2D eigenvalue weighted by atomic mass is 9.78. The quantitative estimate of drug-likeness (QED) is 0.519. The van der Waals surface area contributed by atoms with Crippen molar-refractivity contribution in [3.8, 4) is 0 Å². The van der Waals surface area contributed by atoms with Crippen LogP contribution in [0.3, 0.4) is 0 Å². The molecule has 1 saturated carbocycles. The predicted octanol–water partition coefficient (Wildman–Crippen LogP) is 3.76. The Balaban J connectivity index is 2.27. The van der Waals surface area contributed by atoms with Crippen LogP contribution in [-0.4, -0.2) is 13.1 Å². The lowest BCUT2D eigenvalue weighted by molar-refractivity contribution is 0.227. The van der Waals surface area contributed by atoms with Crippen molar-refractivity contribution in [1.29, 1.82) is 0 Å². The van der Waals surface area contributed by atoms with E-state index in [1.807, 2.05) is 6.08 Å². The molecule has 0 radical (unpaired) electrons. The zero-order chi connectivity index (χ0) is 11.1. The molecule has 0 spiro atoms. The first kappa shape index (κ1) is 12.8. The molecular weight excluding hydrogens is 182 g/mol. The van der Waals surface area contributed by atoms with Gasteiger partial charge in [0.05, 0.1) is 0 Å². The van der Waals surface area contributed by atoms with Gasteiger partial charge in [0.1, 0.15) is 0 Å². The van der Waals surface area contributed by atoms with Crippen molar-refractivity contribution >= 4 is 0 Å². The lowest BCUT2D eigenvalue weighted by Crippen LogP contribution is -2.35. The highest BCUT2D eigenvalue weighted by molar-refractivity contribution is 4.81. The third-order valence-electron chi connectivity index (χ3n) is 3.92. The zero-order valence-electron chi connectivity index (χ0n) is 10.5. The molecule has 1 fully saturated rings. The molecule has 1 rings (SSSR count). The summed E-state index contributed by atoms with van der Waals surface area (Å²) in [5, 5.41) is 3.51. The summed E-state index contributed by atoms with van der Waals surface area (Å²) in [6, 6.07) is 0.748. The van der Waals surface area contributed by atoms with E-state index in [2.05, 4.69) is 25.9 Å². The van der Waals surface area contributed by atoms with Crippen molar-refractivity contribution in [1.82, 2.24) is 5.32 Å². The molecular formula is C14H27N. The lowest BCUT2D eigenvalue weighted by Gasteiger charge is -2.32. The minimum atomic E-state index is 0.748. The third-order valence-corrected chi connectivity index (χ3v) is 3.92. The van der Waals surface area contributed by atoms with Crippen LogP contribution in [0.25, 0.3) is 0 Å². The fourth-order valence-electron chi connectivity index (χ4n) is 2.79. The first-order chi connectivity index (χ1) is 7.27. The summed E-state index contributed by atoms with van der Waals surface area (Å²) in [6.07, 6.45) is 11.6. The fraction of sp³-hybridized carbons (Fsp3) is 0.857. The molecule has 1 N–H and O–H groups in total. The maximum Gasteiger partial charge on any atom is 0.00924 e. The monoisotopic (exact) mass is 209 g/mol. The largest absolute Gasteiger partial charge is 0.317 e. The van der Waals surface area contributed by atoms with E-state index in [1.54, 1.807) is 0 Å². The van der Waals surface area contributed by atoms with E-state index in [0.717, 1.165) is 17.9 Å². The SMILES string of the molecule is C=CCCCC(NC)C1CCC(C)CC1. The summed E-state index contributed by atoms with van der Waals surface area (Å²) in [6.45, 7) is 6.18. The number of nitrogens with one attached hydrogen (secondary N) is 1. The van der Waals surface area contributed by atoms with Crippen molar-refractivity contribution in [2.75, 3.05) is 7.05 Å². The smallest absolute Gasteiger partial charge is 0.00924 e. The Labute approximate surface area is 95.3 Å². The van der Waals surface area contributed by atoms with E-state index in [-0.39, 0.29) is 0 Å². The Morgan fingerprint density at radius 2 is 2.00 bits per heavy atom. The van der Waals surface area contributed by atoms with Crippen molar-refractivity contribution in [2.24, 2.45) is 11.8 Å². The van der Waals surface area contributed by atoms with Gasteiger partial charge in [-0.25, -0.2) is 0 Å². The molecule has 1 heteroatoms. The molecule has 1 aliphatic carbocycles. The molecule has 1 nitrogen and oxygen atoms in total.